The zero-order chi connectivity index (χ0) is 21.8. The first-order valence-corrected chi connectivity index (χ1v) is 11.4. The lowest BCUT2D eigenvalue weighted by atomic mass is 10.1. The second-order valence-corrected chi connectivity index (χ2v) is 9.01. The molecule has 4 rings (SSSR count). The molecule has 2 amide bonds. The van der Waals surface area contributed by atoms with Crippen molar-refractivity contribution in [2.75, 3.05) is 7.05 Å². The topological polar surface area (TPSA) is 49.4 Å². The zero-order valence-corrected chi connectivity index (χ0v) is 18.7. The lowest BCUT2D eigenvalue weighted by Gasteiger charge is -2.21. The molecule has 0 bridgehead atoms. The molecule has 0 saturated heterocycles. The summed E-state index contributed by atoms with van der Waals surface area (Å²) < 4.78 is 0. The van der Waals surface area contributed by atoms with Gasteiger partial charge in [0, 0.05) is 51.6 Å². The van der Waals surface area contributed by atoms with Gasteiger partial charge in [-0.25, -0.2) is 0 Å². The molecule has 0 spiro atoms. The van der Waals surface area contributed by atoms with Crippen LogP contribution in [0.5, 0.6) is 0 Å². The molecule has 1 fully saturated rings. The summed E-state index contributed by atoms with van der Waals surface area (Å²) in [5.74, 6) is -0.109. The molecule has 0 unspecified atom stereocenters. The number of nitrogens with zero attached hydrogens (tertiary/aromatic N) is 1. The van der Waals surface area contributed by atoms with Crippen molar-refractivity contribution in [1.82, 2.24) is 10.2 Å². The Balaban J connectivity index is 1.44. The standard InChI is InChI=1S/C25H23ClN2O2S/c1-27-25(30)18-8-6-17(7-9-18)16-28(19-10-11-19)24(29)15-13-20-12-14-23(31-20)21-4-2-3-5-22(21)26/h2-9,12-15,19H,10-11,16H2,1H3,(H,27,30)/b15-13+. The number of benzene rings is 2. The van der Waals surface area contributed by atoms with E-state index in [4.69, 9.17) is 11.6 Å². The molecule has 0 aliphatic heterocycles. The van der Waals surface area contributed by atoms with Crippen LogP contribution in [0.25, 0.3) is 16.5 Å². The average Bonchev–Trinajstić information content (AvgIpc) is 3.53. The van der Waals surface area contributed by atoms with Crippen molar-refractivity contribution in [1.29, 1.82) is 0 Å². The van der Waals surface area contributed by atoms with Gasteiger partial charge in [-0.05, 0) is 54.8 Å². The number of amides is 2. The van der Waals surface area contributed by atoms with Crippen molar-refractivity contribution in [3.05, 3.63) is 87.8 Å². The van der Waals surface area contributed by atoms with Gasteiger partial charge in [-0.15, -0.1) is 11.3 Å². The molecule has 3 aromatic rings. The van der Waals surface area contributed by atoms with Crippen molar-refractivity contribution in [2.24, 2.45) is 0 Å². The number of nitrogens with one attached hydrogen (secondary N) is 1. The van der Waals surface area contributed by atoms with E-state index in [1.165, 1.54) is 0 Å². The van der Waals surface area contributed by atoms with Crippen molar-refractivity contribution in [2.45, 2.75) is 25.4 Å². The lowest BCUT2D eigenvalue weighted by Crippen LogP contribution is -2.31. The number of thiophene rings is 1. The maximum Gasteiger partial charge on any atom is 0.251 e. The molecule has 2 aromatic carbocycles. The van der Waals surface area contributed by atoms with Crippen molar-refractivity contribution in [3.63, 3.8) is 0 Å². The average molecular weight is 451 g/mol. The van der Waals surface area contributed by atoms with E-state index < -0.39 is 0 Å². The van der Waals surface area contributed by atoms with Gasteiger partial charge in [0.25, 0.3) is 5.91 Å². The maximum atomic E-state index is 12.9. The molecule has 31 heavy (non-hydrogen) atoms. The predicted octanol–water partition coefficient (Wildman–Crippen LogP) is 5.63. The predicted molar refractivity (Wildman–Crippen MR) is 127 cm³/mol. The minimum atomic E-state index is -0.114. The Kier molecular flexibility index (Phi) is 6.54. The number of halogens is 1. The van der Waals surface area contributed by atoms with Crippen LogP contribution < -0.4 is 5.32 Å². The number of carbonyl (C=O) groups excluding carboxylic acids is 2. The van der Waals surface area contributed by atoms with Crippen LogP contribution in [0.3, 0.4) is 0 Å². The quantitative estimate of drug-likeness (QED) is 0.474. The van der Waals surface area contributed by atoms with Gasteiger partial charge in [0.05, 0.1) is 0 Å². The number of rotatable bonds is 7. The first-order valence-electron chi connectivity index (χ1n) is 10.2. The highest BCUT2D eigenvalue weighted by atomic mass is 35.5. The highest BCUT2D eigenvalue weighted by molar-refractivity contribution is 7.16. The molecule has 1 aromatic heterocycles. The lowest BCUT2D eigenvalue weighted by molar-refractivity contribution is -0.127. The first kappa shape index (κ1) is 21.3. The molecule has 158 valence electrons. The fourth-order valence-electron chi connectivity index (χ4n) is 3.37. The Bertz CT molecular complexity index is 1120. The third-order valence-electron chi connectivity index (χ3n) is 5.22. The van der Waals surface area contributed by atoms with Crippen molar-refractivity contribution >= 4 is 40.8 Å². The summed E-state index contributed by atoms with van der Waals surface area (Å²) in [5, 5.41) is 3.34. The van der Waals surface area contributed by atoms with E-state index in [0.717, 1.165) is 38.7 Å². The summed E-state index contributed by atoms with van der Waals surface area (Å²) in [7, 11) is 1.61. The normalized spacial score (nSPS) is 13.4. The van der Waals surface area contributed by atoms with E-state index in [1.807, 2.05) is 59.5 Å². The van der Waals surface area contributed by atoms with Gasteiger partial charge in [0.1, 0.15) is 0 Å². The van der Waals surface area contributed by atoms with E-state index in [2.05, 4.69) is 5.32 Å². The van der Waals surface area contributed by atoms with Gasteiger partial charge in [-0.1, -0.05) is 41.9 Å². The third-order valence-corrected chi connectivity index (χ3v) is 6.64. The summed E-state index contributed by atoms with van der Waals surface area (Å²) in [5.41, 5.74) is 2.63. The van der Waals surface area contributed by atoms with Crippen LogP contribution in [0.2, 0.25) is 5.02 Å². The largest absolute Gasteiger partial charge is 0.355 e. The van der Waals surface area contributed by atoms with Gasteiger partial charge in [0.2, 0.25) is 5.91 Å². The number of hydrogen-bond acceptors (Lipinski definition) is 3. The van der Waals surface area contributed by atoms with Crippen LogP contribution in [0.15, 0.2) is 66.7 Å². The fourth-order valence-corrected chi connectivity index (χ4v) is 4.62. The molecule has 1 aliphatic carbocycles. The van der Waals surface area contributed by atoms with Gasteiger partial charge in [-0.3, -0.25) is 9.59 Å². The molecule has 1 aliphatic rings. The second kappa shape index (κ2) is 9.50. The van der Waals surface area contributed by atoms with E-state index in [-0.39, 0.29) is 17.9 Å². The molecular weight excluding hydrogens is 428 g/mol. The fraction of sp³-hybridized carbons (Fsp3) is 0.200. The summed E-state index contributed by atoms with van der Waals surface area (Å²) in [6.45, 7) is 0.539. The summed E-state index contributed by atoms with van der Waals surface area (Å²) in [6.07, 6.45) is 5.59. The van der Waals surface area contributed by atoms with Gasteiger partial charge < -0.3 is 10.2 Å². The molecule has 0 atom stereocenters. The Morgan fingerprint density at radius 3 is 2.52 bits per heavy atom. The van der Waals surface area contributed by atoms with Gasteiger partial charge >= 0.3 is 0 Å². The third kappa shape index (κ3) is 5.24. The highest BCUT2D eigenvalue weighted by Gasteiger charge is 2.31. The van der Waals surface area contributed by atoms with Crippen LogP contribution in [0, 0.1) is 0 Å². The van der Waals surface area contributed by atoms with Crippen LogP contribution >= 0.6 is 22.9 Å². The Labute approximate surface area is 191 Å². The van der Waals surface area contributed by atoms with Crippen LogP contribution in [-0.2, 0) is 11.3 Å². The zero-order valence-electron chi connectivity index (χ0n) is 17.2. The van der Waals surface area contributed by atoms with Crippen LogP contribution in [0.1, 0.15) is 33.6 Å². The monoisotopic (exact) mass is 450 g/mol. The Morgan fingerprint density at radius 2 is 1.84 bits per heavy atom. The SMILES string of the molecule is CNC(=O)c1ccc(CN(C(=O)/C=C/c2ccc(-c3ccccc3Cl)s2)C2CC2)cc1. The molecular formula is C25H23ClN2O2S. The molecule has 4 nitrogen and oxygen atoms in total. The van der Waals surface area contributed by atoms with Gasteiger partial charge in [-0.2, -0.15) is 0 Å². The van der Waals surface area contributed by atoms with E-state index >= 15 is 0 Å². The smallest absolute Gasteiger partial charge is 0.251 e. The molecule has 1 N–H and O–H groups in total. The van der Waals surface area contributed by atoms with Crippen molar-refractivity contribution in [3.8, 4) is 10.4 Å². The summed E-state index contributed by atoms with van der Waals surface area (Å²) >= 11 is 7.91. The van der Waals surface area contributed by atoms with Crippen LogP contribution in [-0.4, -0.2) is 29.8 Å². The summed E-state index contributed by atoms with van der Waals surface area (Å²) in [4.78, 5) is 28.6. The van der Waals surface area contributed by atoms with E-state index in [0.29, 0.717) is 12.1 Å². The molecule has 1 saturated carbocycles. The van der Waals surface area contributed by atoms with E-state index in [1.54, 1.807) is 36.6 Å². The second-order valence-electron chi connectivity index (χ2n) is 7.49. The highest BCUT2D eigenvalue weighted by Crippen LogP contribution is 2.34. The first-order chi connectivity index (χ1) is 15.0. The van der Waals surface area contributed by atoms with Crippen molar-refractivity contribution < 1.29 is 9.59 Å². The van der Waals surface area contributed by atoms with E-state index in [9.17, 15) is 9.59 Å². The maximum absolute atomic E-state index is 12.9. The minimum absolute atomic E-state index is 0.00516. The number of carbonyl (C=O) groups is 2. The Hall–Kier alpha value is -2.89. The molecule has 6 heteroatoms. The Morgan fingerprint density at radius 1 is 1.10 bits per heavy atom. The van der Waals surface area contributed by atoms with Gasteiger partial charge in [0.15, 0.2) is 0 Å². The number of hydrogen-bond donors (Lipinski definition) is 1. The minimum Gasteiger partial charge on any atom is -0.355 e. The molecule has 0 radical (unpaired) electrons. The molecule has 1 heterocycles. The van der Waals surface area contributed by atoms with Crippen LogP contribution in [0.4, 0.5) is 0 Å². The summed E-state index contributed by atoms with van der Waals surface area (Å²) in [6, 6.07) is 19.5.